The SMILES string of the molecule is CC(I)C(=O)OC12CC3CC(C1)CC(C(=O)OC1CC(C)(C)N([O])C(C)(C)C1)(C3)C2. The highest BCUT2D eigenvalue weighted by atomic mass is 127. The molecule has 1 heterocycles. The standard InChI is InChI=1S/C23H35INO5/c1-14(24)18(26)30-23-9-15-6-16(10-23)8-22(7-15,13-23)19(27)29-17-11-20(2,3)25(28)21(4,5)12-17/h14-17H,6-13H2,1-5H3. The first-order chi connectivity index (χ1) is 13.8. The summed E-state index contributed by atoms with van der Waals surface area (Å²) < 4.78 is 12.0. The molecule has 3 unspecified atom stereocenters. The summed E-state index contributed by atoms with van der Waals surface area (Å²) in [4.78, 5) is 26.0. The minimum Gasteiger partial charge on any atom is -0.462 e. The van der Waals surface area contributed by atoms with Crippen molar-refractivity contribution < 1.29 is 24.3 Å². The number of hydrogen-bond acceptors (Lipinski definition) is 5. The van der Waals surface area contributed by atoms with Crippen LogP contribution in [0.4, 0.5) is 0 Å². The van der Waals surface area contributed by atoms with Crippen LogP contribution in [0.1, 0.15) is 86.0 Å². The van der Waals surface area contributed by atoms with E-state index >= 15 is 0 Å². The molecule has 5 aliphatic rings. The number of nitrogens with zero attached hydrogens (tertiary/aromatic N) is 1. The second-order valence-corrected chi connectivity index (χ2v) is 13.7. The lowest BCUT2D eigenvalue weighted by molar-refractivity contribution is -0.300. The van der Waals surface area contributed by atoms with Crippen LogP contribution in [0.3, 0.4) is 0 Å². The number of carbonyl (C=O) groups is 2. The zero-order valence-corrected chi connectivity index (χ0v) is 21.0. The number of esters is 2. The van der Waals surface area contributed by atoms with Gasteiger partial charge in [-0.1, -0.05) is 22.6 Å². The molecule has 1 saturated heterocycles. The van der Waals surface area contributed by atoms with Gasteiger partial charge in [-0.2, -0.15) is 0 Å². The quantitative estimate of drug-likeness (QED) is 0.301. The summed E-state index contributed by atoms with van der Waals surface area (Å²) >= 11 is 2.09. The Morgan fingerprint density at radius 1 is 0.967 bits per heavy atom. The third-order valence-corrected chi connectivity index (χ3v) is 8.42. The van der Waals surface area contributed by atoms with E-state index < -0.39 is 22.1 Å². The molecule has 5 rings (SSSR count). The molecule has 0 N–H and O–H groups in total. The Morgan fingerprint density at radius 2 is 1.50 bits per heavy atom. The number of carbonyl (C=O) groups excluding carboxylic acids is 2. The van der Waals surface area contributed by atoms with Crippen LogP contribution < -0.4 is 0 Å². The van der Waals surface area contributed by atoms with Gasteiger partial charge in [0, 0.05) is 30.3 Å². The molecule has 1 radical (unpaired) electrons. The fourth-order valence-electron chi connectivity index (χ4n) is 7.36. The van der Waals surface area contributed by atoms with Gasteiger partial charge in [0.2, 0.25) is 0 Å². The number of halogens is 1. The van der Waals surface area contributed by atoms with Crippen LogP contribution in [0.2, 0.25) is 0 Å². The van der Waals surface area contributed by atoms with Crippen LogP contribution in [-0.4, -0.2) is 43.7 Å². The zero-order chi connectivity index (χ0) is 22.1. The van der Waals surface area contributed by atoms with Crippen molar-refractivity contribution in [3.8, 4) is 0 Å². The zero-order valence-electron chi connectivity index (χ0n) is 18.8. The van der Waals surface area contributed by atoms with Crippen molar-refractivity contribution in [1.29, 1.82) is 0 Å². The molecule has 3 atom stereocenters. The summed E-state index contributed by atoms with van der Waals surface area (Å²) in [5, 5.41) is 13.8. The highest BCUT2D eigenvalue weighted by molar-refractivity contribution is 14.1. The van der Waals surface area contributed by atoms with Gasteiger partial charge < -0.3 is 9.47 Å². The molecule has 4 saturated carbocycles. The summed E-state index contributed by atoms with van der Waals surface area (Å²) in [5.74, 6) is 0.544. The molecule has 0 spiro atoms. The molecule has 30 heavy (non-hydrogen) atoms. The molecular weight excluding hydrogens is 497 g/mol. The van der Waals surface area contributed by atoms with Gasteiger partial charge >= 0.3 is 11.9 Å². The van der Waals surface area contributed by atoms with Gasteiger partial charge in [0.15, 0.2) is 0 Å². The van der Waals surface area contributed by atoms with Gasteiger partial charge in [-0.25, -0.2) is 0 Å². The van der Waals surface area contributed by atoms with Crippen LogP contribution >= 0.6 is 22.6 Å². The Bertz CT molecular complexity index is 701. The predicted molar refractivity (Wildman–Crippen MR) is 119 cm³/mol. The fourth-order valence-corrected chi connectivity index (χ4v) is 7.49. The van der Waals surface area contributed by atoms with E-state index in [0.717, 1.165) is 37.2 Å². The van der Waals surface area contributed by atoms with E-state index in [2.05, 4.69) is 22.6 Å². The molecule has 1 aliphatic heterocycles. The van der Waals surface area contributed by atoms with E-state index in [0.29, 0.717) is 31.1 Å². The summed E-state index contributed by atoms with van der Waals surface area (Å²) in [6, 6.07) is 0. The van der Waals surface area contributed by atoms with Crippen LogP contribution in [0.5, 0.6) is 0 Å². The minimum absolute atomic E-state index is 0.129. The van der Waals surface area contributed by atoms with E-state index in [1.54, 1.807) is 0 Å². The summed E-state index contributed by atoms with van der Waals surface area (Å²) in [5.41, 5.74) is -2.18. The van der Waals surface area contributed by atoms with E-state index in [4.69, 9.17) is 9.47 Å². The van der Waals surface area contributed by atoms with Crippen molar-refractivity contribution in [3.63, 3.8) is 0 Å². The summed E-state index contributed by atoms with van der Waals surface area (Å²) in [7, 11) is 0. The number of ether oxygens (including phenoxy) is 2. The first-order valence-electron chi connectivity index (χ1n) is 11.3. The minimum atomic E-state index is -0.568. The summed E-state index contributed by atoms with van der Waals surface area (Å²) in [6.07, 6.45) is 5.99. The third kappa shape index (κ3) is 3.91. The molecule has 7 heteroatoms. The van der Waals surface area contributed by atoms with Crippen molar-refractivity contribution in [3.05, 3.63) is 0 Å². The van der Waals surface area contributed by atoms with Gasteiger partial charge in [0.05, 0.1) is 5.41 Å². The smallest absolute Gasteiger partial charge is 0.319 e. The monoisotopic (exact) mass is 532 g/mol. The Balaban J connectivity index is 1.52. The Labute approximate surface area is 193 Å². The van der Waals surface area contributed by atoms with Crippen LogP contribution in [-0.2, 0) is 24.3 Å². The van der Waals surface area contributed by atoms with Gasteiger partial charge in [-0.15, -0.1) is 10.3 Å². The predicted octanol–water partition coefficient (Wildman–Crippen LogP) is 4.60. The number of rotatable bonds is 4. The molecule has 0 aromatic rings. The maximum Gasteiger partial charge on any atom is 0.319 e. The van der Waals surface area contributed by atoms with Crippen molar-refractivity contribution in [2.45, 2.75) is 113 Å². The molecule has 4 aliphatic carbocycles. The van der Waals surface area contributed by atoms with E-state index in [-0.39, 0.29) is 22.0 Å². The number of alkyl halides is 1. The fraction of sp³-hybridized carbons (Fsp3) is 0.913. The number of hydroxylamine groups is 2. The van der Waals surface area contributed by atoms with E-state index in [1.807, 2.05) is 34.6 Å². The second-order valence-electron chi connectivity index (χ2n) is 11.8. The highest BCUT2D eigenvalue weighted by Crippen LogP contribution is 2.63. The largest absolute Gasteiger partial charge is 0.462 e. The van der Waals surface area contributed by atoms with Gasteiger partial charge in [-0.3, -0.25) is 9.59 Å². The maximum absolute atomic E-state index is 13.6. The normalized spacial score (nSPS) is 40.8. The Hall–Kier alpha value is -0.410. The van der Waals surface area contributed by atoms with Gasteiger partial charge in [0.25, 0.3) is 0 Å². The number of piperidine rings is 1. The Kier molecular flexibility index (Phi) is 5.54. The molecule has 4 bridgehead atoms. The van der Waals surface area contributed by atoms with Gasteiger partial charge in [0.1, 0.15) is 15.6 Å². The molecule has 169 valence electrons. The van der Waals surface area contributed by atoms with E-state index in [9.17, 15) is 14.8 Å². The lowest BCUT2D eigenvalue weighted by atomic mass is 9.48. The van der Waals surface area contributed by atoms with Crippen molar-refractivity contribution in [2.24, 2.45) is 17.3 Å². The molecule has 5 fully saturated rings. The maximum atomic E-state index is 13.6. The van der Waals surface area contributed by atoms with Crippen molar-refractivity contribution in [1.82, 2.24) is 5.06 Å². The second kappa shape index (κ2) is 7.30. The molecule has 6 nitrogen and oxygen atoms in total. The number of hydrogen-bond donors (Lipinski definition) is 0. The average molecular weight is 532 g/mol. The van der Waals surface area contributed by atoms with Crippen LogP contribution in [0.15, 0.2) is 0 Å². The molecule has 0 aromatic carbocycles. The van der Waals surface area contributed by atoms with E-state index in [1.165, 1.54) is 0 Å². The first kappa shape index (κ1) is 22.8. The lowest BCUT2D eigenvalue weighted by Crippen LogP contribution is -2.62. The third-order valence-electron chi connectivity index (χ3n) is 7.91. The molecular formula is C23H35INO5. The molecule has 0 amide bonds. The topological polar surface area (TPSA) is 75.7 Å². The summed E-state index contributed by atoms with van der Waals surface area (Å²) in [6.45, 7) is 9.54. The van der Waals surface area contributed by atoms with Crippen LogP contribution in [0.25, 0.3) is 0 Å². The molecule has 0 aromatic heterocycles. The van der Waals surface area contributed by atoms with Gasteiger partial charge in [-0.05, 0) is 78.6 Å². The van der Waals surface area contributed by atoms with Crippen molar-refractivity contribution >= 4 is 34.5 Å². The lowest BCUT2D eigenvalue weighted by Gasteiger charge is -2.60. The first-order valence-corrected chi connectivity index (χ1v) is 12.6. The van der Waals surface area contributed by atoms with Crippen LogP contribution in [0, 0.1) is 17.3 Å². The van der Waals surface area contributed by atoms with Crippen molar-refractivity contribution in [2.75, 3.05) is 0 Å². The Morgan fingerprint density at radius 3 is 2.00 bits per heavy atom. The average Bonchev–Trinajstić information content (AvgIpc) is 2.57. The highest BCUT2D eigenvalue weighted by Gasteiger charge is 2.63.